The summed E-state index contributed by atoms with van der Waals surface area (Å²) in [6.07, 6.45) is 0. The number of hydrogen-bond donors (Lipinski definition) is 1. The maximum atomic E-state index is 6.15. The lowest BCUT2D eigenvalue weighted by Gasteiger charge is -2.13. The quantitative estimate of drug-likeness (QED) is 0.896. The molecule has 0 bridgehead atoms. The molecule has 1 unspecified atom stereocenters. The van der Waals surface area contributed by atoms with Gasteiger partial charge in [-0.2, -0.15) is 4.98 Å². The van der Waals surface area contributed by atoms with Crippen molar-refractivity contribution in [2.24, 2.45) is 0 Å². The highest BCUT2D eigenvalue weighted by Gasteiger charge is 2.23. The molecule has 1 N–H and O–H groups in total. The fourth-order valence-electron chi connectivity index (χ4n) is 1.76. The first-order valence-corrected chi connectivity index (χ1v) is 7.55. The minimum atomic E-state index is -0.131. The molecule has 0 aliphatic rings. The van der Waals surface area contributed by atoms with Gasteiger partial charge in [-0.05, 0) is 19.1 Å². The molecule has 21 heavy (non-hydrogen) atoms. The number of aromatic nitrogens is 2. The van der Waals surface area contributed by atoms with Crippen LogP contribution in [0.3, 0.4) is 0 Å². The third-order valence-electron chi connectivity index (χ3n) is 3.13. The number of nitrogens with zero attached hydrogens (tertiary/aromatic N) is 2. The average Bonchev–Trinajstić information content (AvgIpc) is 2.87. The SMILES string of the molecule is CC(NCc1c(Cl)cccc1Cl)c1nc(C(C)(C)C)no1. The van der Waals surface area contributed by atoms with Gasteiger partial charge in [0, 0.05) is 27.6 Å². The Labute approximate surface area is 134 Å². The van der Waals surface area contributed by atoms with E-state index in [-0.39, 0.29) is 11.5 Å². The Balaban J connectivity index is 2.05. The normalized spacial score (nSPS) is 13.4. The van der Waals surface area contributed by atoms with E-state index in [2.05, 4.69) is 15.5 Å². The Kier molecular flexibility index (Phi) is 4.91. The van der Waals surface area contributed by atoms with Gasteiger partial charge in [-0.25, -0.2) is 0 Å². The van der Waals surface area contributed by atoms with Gasteiger partial charge in [0.1, 0.15) is 0 Å². The fraction of sp³-hybridized carbons (Fsp3) is 0.467. The van der Waals surface area contributed by atoms with E-state index < -0.39 is 0 Å². The highest BCUT2D eigenvalue weighted by molar-refractivity contribution is 6.35. The summed E-state index contributed by atoms with van der Waals surface area (Å²) in [5.41, 5.74) is 0.733. The lowest BCUT2D eigenvalue weighted by Crippen LogP contribution is -2.19. The van der Waals surface area contributed by atoms with E-state index in [4.69, 9.17) is 27.7 Å². The van der Waals surface area contributed by atoms with Crippen molar-refractivity contribution in [3.63, 3.8) is 0 Å². The molecule has 6 heteroatoms. The van der Waals surface area contributed by atoms with Crippen molar-refractivity contribution in [3.05, 3.63) is 45.5 Å². The molecular formula is C15H19Cl2N3O. The molecule has 0 aliphatic carbocycles. The van der Waals surface area contributed by atoms with Crippen LogP contribution in [0.1, 0.15) is 51.0 Å². The van der Waals surface area contributed by atoms with Crippen LogP contribution in [0.25, 0.3) is 0 Å². The molecule has 2 aromatic rings. The van der Waals surface area contributed by atoms with Crippen molar-refractivity contribution >= 4 is 23.2 Å². The maximum absolute atomic E-state index is 6.15. The number of rotatable bonds is 4. The van der Waals surface area contributed by atoms with Crippen LogP contribution in [0.15, 0.2) is 22.7 Å². The Morgan fingerprint density at radius 2 is 1.86 bits per heavy atom. The van der Waals surface area contributed by atoms with Crippen LogP contribution in [0.2, 0.25) is 10.0 Å². The van der Waals surface area contributed by atoms with Gasteiger partial charge in [-0.1, -0.05) is 55.2 Å². The van der Waals surface area contributed by atoms with Crippen LogP contribution in [0.4, 0.5) is 0 Å². The van der Waals surface area contributed by atoms with Crippen LogP contribution >= 0.6 is 23.2 Å². The summed E-state index contributed by atoms with van der Waals surface area (Å²) in [5.74, 6) is 1.25. The minimum Gasteiger partial charge on any atom is -0.338 e. The van der Waals surface area contributed by atoms with E-state index in [1.807, 2.05) is 45.9 Å². The van der Waals surface area contributed by atoms with Gasteiger partial charge in [0.15, 0.2) is 5.82 Å². The first-order valence-electron chi connectivity index (χ1n) is 6.79. The maximum Gasteiger partial charge on any atom is 0.243 e. The topological polar surface area (TPSA) is 51.0 Å². The molecule has 0 saturated heterocycles. The summed E-state index contributed by atoms with van der Waals surface area (Å²) >= 11 is 12.3. The summed E-state index contributed by atoms with van der Waals surface area (Å²) in [7, 11) is 0. The largest absolute Gasteiger partial charge is 0.338 e. The van der Waals surface area contributed by atoms with Crippen LogP contribution < -0.4 is 5.32 Å². The molecule has 0 fully saturated rings. The van der Waals surface area contributed by atoms with Gasteiger partial charge in [-0.15, -0.1) is 0 Å². The van der Waals surface area contributed by atoms with Gasteiger partial charge in [-0.3, -0.25) is 0 Å². The summed E-state index contributed by atoms with van der Waals surface area (Å²) in [4.78, 5) is 4.43. The number of hydrogen-bond acceptors (Lipinski definition) is 4. The van der Waals surface area contributed by atoms with Crippen LogP contribution in [-0.2, 0) is 12.0 Å². The predicted molar refractivity (Wildman–Crippen MR) is 84.7 cm³/mol. The highest BCUT2D eigenvalue weighted by atomic mass is 35.5. The van der Waals surface area contributed by atoms with E-state index in [0.717, 1.165) is 5.56 Å². The molecular weight excluding hydrogens is 309 g/mol. The van der Waals surface area contributed by atoms with Crippen molar-refractivity contribution in [1.82, 2.24) is 15.5 Å². The van der Waals surface area contributed by atoms with Crippen molar-refractivity contribution in [2.45, 2.75) is 45.7 Å². The van der Waals surface area contributed by atoms with Gasteiger partial charge in [0.25, 0.3) is 0 Å². The second-order valence-electron chi connectivity index (χ2n) is 6.01. The van der Waals surface area contributed by atoms with Crippen molar-refractivity contribution in [3.8, 4) is 0 Å². The Bertz CT molecular complexity index is 599. The zero-order valence-corrected chi connectivity index (χ0v) is 14.1. The first kappa shape index (κ1) is 16.3. The molecule has 1 aromatic carbocycles. The molecule has 0 spiro atoms. The summed E-state index contributed by atoms with van der Waals surface area (Å²) < 4.78 is 5.31. The Morgan fingerprint density at radius 1 is 1.24 bits per heavy atom. The van der Waals surface area contributed by atoms with Crippen molar-refractivity contribution in [2.75, 3.05) is 0 Å². The smallest absolute Gasteiger partial charge is 0.243 e. The van der Waals surface area contributed by atoms with Crippen molar-refractivity contribution < 1.29 is 4.52 Å². The van der Waals surface area contributed by atoms with E-state index in [1.54, 1.807) is 0 Å². The molecule has 0 amide bonds. The van der Waals surface area contributed by atoms with Crippen LogP contribution in [-0.4, -0.2) is 10.1 Å². The van der Waals surface area contributed by atoms with Gasteiger partial charge >= 0.3 is 0 Å². The highest BCUT2D eigenvalue weighted by Crippen LogP contribution is 2.25. The Hall–Kier alpha value is -1.10. The predicted octanol–water partition coefficient (Wildman–Crippen LogP) is 4.52. The Morgan fingerprint density at radius 3 is 2.38 bits per heavy atom. The zero-order chi connectivity index (χ0) is 15.6. The summed E-state index contributed by atoms with van der Waals surface area (Å²) in [6, 6.07) is 5.38. The third kappa shape index (κ3) is 3.96. The lowest BCUT2D eigenvalue weighted by atomic mass is 9.96. The average molecular weight is 328 g/mol. The molecule has 0 saturated carbocycles. The van der Waals surface area contributed by atoms with Crippen LogP contribution in [0.5, 0.6) is 0 Å². The summed E-state index contributed by atoms with van der Waals surface area (Å²) in [5, 5.41) is 8.60. The monoisotopic (exact) mass is 327 g/mol. The molecule has 1 atom stereocenters. The molecule has 114 valence electrons. The van der Waals surface area contributed by atoms with E-state index >= 15 is 0 Å². The molecule has 1 heterocycles. The van der Waals surface area contributed by atoms with E-state index in [0.29, 0.717) is 28.3 Å². The number of nitrogens with one attached hydrogen (secondary N) is 1. The summed E-state index contributed by atoms with van der Waals surface area (Å²) in [6.45, 7) is 8.63. The van der Waals surface area contributed by atoms with Crippen LogP contribution in [0, 0.1) is 0 Å². The van der Waals surface area contributed by atoms with Gasteiger partial charge < -0.3 is 9.84 Å². The molecule has 0 aliphatic heterocycles. The van der Waals surface area contributed by atoms with E-state index in [1.165, 1.54) is 0 Å². The van der Waals surface area contributed by atoms with E-state index in [9.17, 15) is 0 Å². The first-order chi connectivity index (χ1) is 9.79. The molecule has 0 radical (unpaired) electrons. The zero-order valence-electron chi connectivity index (χ0n) is 12.6. The van der Waals surface area contributed by atoms with Crippen molar-refractivity contribution in [1.29, 1.82) is 0 Å². The third-order valence-corrected chi connectivity index (χ3v) is 3.84. The molecule has 4 nitrogen and oxygen atoms in total. The number of halogens is 2. The minimum absolute atomic E-state index is 0.0825. The second kappa shape index (κ2) is 6.34. The standard InChI is InChI=1S/C15H19Cl2N3O/c1-9(13-19-14(20-21-13)15(2,3)4)18-8-10-11(16)6-5-7-12(10)17/h5-7,9,18H,8H2,1-4H3. The molecule has 2 rings (SSSR count). The van der Waals surface area contributed by atoms with Gasteiger partial charge in [0.2, 0.25) is 5.89 Å². The second-order valence-corrected chi connectivity index (χ2v) is 6.82. The van der Waals surface area contributed by atoms with Gasteiger partial charge in [0.05, 0.1) is 6.04 Å². The lowest BCUT2D eigenvalue weighted by molar-refractivity contribution is 0.330. The number of benzene rings is 1. The molecule has 1 aromatic heterocycles. The fourth-order valence-corrected chi connectivity index (χ4v) is 2.29.